The van der Waals surface area contributed by atoms with Crippen LogP contribution in [0.15, 0.2) is 29.2 Å². The Morgan fingerprint density at radius 3 is 2.08 bits per heavy atom. The smallest absolute Gasteiger partial charge is 0.279 e. The molecule has 0 heterocycles. The first-order valence-corrected chi connectivity index (χ1v) is 8.57. The van der Waals surface area contributed by atoms with Crippen molar-refractivity contribution < 1.29 is 17.7 Å². The Labute approximate surface area is 139 Å². The molecule has 8 heteroatoms. The third-order valence-corrected chi connectivity index (χ3v) is 5.62. The van der Waals surface area contributed by atoms with Gasteiger partial charge in [-0.1, -0.05) is 6.07 Å². The molecule has 0 atom stereocenters. The molecule has 2 rings (SSSR count). The summed E-state index contributed by atoms with van der Waals surface area (Å²) in [5.74, 6) is -1.03. The third kappa shape index (κ3) is 3.23. The number of nitro benzene ring substituents is 1. The molecule has 0 fully saturated rings. The molecule has 0 aliphatic carbocycles. The van der Waals surface area contributed by atoms with Gasteiger partial charge in [0, 0.05) is 6.07 Å². The van der Waals surface area contributed by atoms with Gasteiger partial charge in [-0.3, -0.25) is 14.8 Å². The minimum Gasteiger partial charge on any atom is -0.279 e. The second kappa shape index (κ2) is 6.20. The van der Waals surface area contributed by atoms with Crippen molar-refractivity contribution in [2.24, 2.45) is 0 Å². The summed E-state index contributed by atoms with van der Waals surface area (Å²) in [5, 5.41) is 10.8. The molecule has 128 valence electrons. The monoisotopic (exact) mass is 352 g/mol. The lowest BCUT2D eigenvalue weighted by atomic mass is 10.0. The molecule has 0 saturated heterocycles. The topological polar surface area (TPSA) is 89.3 Å². The molecule has 0 amide bonds. The minimum atomic E-state index is -3.97. The lowest BCUT2D eigenvalue weighted by Crippen LogP contribution is -2.17. The summed E-state index contributed by atoms with van der Waals surface area (Å²) in [7, 11) is -3.97. The van der Waals surface area contributed by atoms with E-state index in [4.69, 9.17) is 0 Å². The van der Waals surface area contributed by atoms with Crippen molar-refractivity contribution in [2.45, 2.75) is 32.6 Å². The number of hydrogen-bond acceptors (Lipinski definition) is 4. The lowest BCUT2D eigenvalue weighted by molar-refractivity contribution is -0.387. The van der Waals surface area contributed by atoms with Crippen molar-refractivity contribution >= 4 is 21.4 Å². The Morgan fingerprint density at radius 1 is 1.04 bits per heavy atom. The Balaban J connectivity index is 2.55. The fourth-order valence-electron chi connectivity index (χ4n) is 2.51. The Bertz CT molecular complexity index is 913. The molecule has 0 aromatic heterocycles. The van der Waals surface area contributed by atoms with E-state index < -0.39 is 26.5 Å². The van der Waals surface area contributed by atoms with Gasteiger partial charge in [0.05, 0.1) is 15.5 Å². The van der Waals surface area contributed by atoms with Crippen LogP contribution in [0.4, 0.5) is 15.8 Å². The molecule has 0 saturated carbocycles. The lowest BCUT2D eigenvalue weighted by Gasteiger charge is -2.16. The van der Waals surface area contributed by atoms with Gasteiger partial charge in [-0.15, -0.1) is 0 Å². The zero-order chi connectivity index (χ0) is 18.2. The predicted octanol–water partition coefficient (Wildman–Crippen LogP) is 3.77. The van der Waals surface area contributed by atoms with Crippen molar-refractivity contribution in [2.75, 3.05) is 4.72 Å². The van der Waals surface area contributed by atoms with Crippen LogP contribution in [0.25, 0.3) is 0 Å². The van der Waals surface area contributed by atoms with Gasteiger partial charge in [-0.05, 0) is 62.1 Å². The number of benzene rings is 2. The summed E-state index contributed by atoms with van der Waals surface area (Å²) in [4.78, 5) is 10.0. The minimum absolute atomic E-state index is 0.0685. The average Bonchev–Trinajstić information content (AvgIpc) is 2.46. The van der Waals surface area contributed by atoms with Gasteiger partial charge in [-0.2, -0.15) is 4.39 Å². The van der Waals surface area contributed by atoms with Crippen LogP contribution in [0.5, 0.6) is 0 Å². The number of nitrogens with zero attached hydrogens (tertiary/aromatic N) is 1. The molecule has 24 heavy (non-hydrogen) atoms. The van der Waals surface area contributed by atoms with Gasteiger partial charge in [0.1, 0.15) is 0 Å². The summed E-state index contributed by atoms with van der Waals surface area (Å²) in [6.07, 6.45) is 0. The van der Waals surface area contributed by atoms with Crippen LogP contribution >= 0.6 is 0 Å². The largest absolute Gasteiger partial charge is 0.306 e. The maximum Gasteiger partial charge on any atom is 0.306 e. The number of hydrogen-bond donors (Lipinski definition) is 1. The second-order valence-corrected chi connectivity index (χ2v) is 7.24. The van der Waals surface area contributed by atoms with E-state index in [1.165, 1.54) is 0 Å². The van der Waals surface area contributed by atoms with E-state index in [2.05, 4.69) is 4.72 Å². The van der Waals surface area contributed by atoms with Crippen molar-refractivity contribution in [3.63, 3.8) is 0 Å². The second-order valence-electron chi connectivity index (χ2n) is 5.62. The first kappa shape index (κ1) is 17.9. The van der Waals surface area contributed by atoms with Gasteiger partial charge in [0.25, 0.3) is 10.0 Å². The molecule has 2 aromatic carbocycles. The number of aryl methyl sites for hydroxylation is 2. The predicted molar refractivity (Wildman–Crippen MR) is 89.3 cm³/mol. The third-order valence-electron chi connectivity index (χ3n) is 3.96. The number of nitrogens with one attached hydrogen (secondary N) is 1. The van der Waals surface area contributed by atoms with E-state index in [-0.39, 0.29) is 10.6 Å². The molecule has 6 nitrogen and oxygen atoms in total. The van der Waals surface area contributed by atoms with E-state index in [0.29, 0.717) is 11.1 Å². The molecule has 0 aliphatic heterocycles. The number of halogens is 1. The number of nitro groups is 1. The fourth-order valence-corrected chi connectivity index (χ4v) is 4.17. The van der Waals surface area contributed by atoms with Crippen LogP contribution in [0.3, 0.4) is 0 Å². The van der Waals surface area contributed by atoms with E-state index >= 15 is 0 Å². The van der Waals surface area contributed by atoms with Crippen LogP contribution in [0.1, 0.15) is 22.3 Å². The molecule has 1 N–H and O–H groups in total. The Hall–Kier alpha value is -2.48. The molecule has 0 spiro atoms. The van der Waals surface area contributed by atoms with Gasteiger partial charge in [-0.25, -0.2) is 8.42 Å². The average molecular weight is 352 g/mol. The van der Waals surface area contributed by atoms with Crippen molar-refractivity contribution in [1.82, 2.24) is 0 Å². The SMILES string of the molecule is Cc1cc(C)c(C)c(S(=O)(=O)Nc2ccc(F)c([N+](=O)[O-])c2)c1C. The summed E-state index contributed by atoms with van der Waals surface area (Å²) in [6, 6.07) is 4.76. The highest BCUT2D eigenvalue weighted by atomic mass is 32.2. The number of anilines is 1. The van der Waals surface area contributed by atoms with Gasteiger partial charge < -0.3 is 0 Å². The highest BCUT2D eigenvalue weighted by Crippen LogP contribution is 2.29. The van der Waals surface area contributed by atoms with E-state index in [1.54, 1.807) is 13.8 Å². The van der Waals surface area contributed by atoms with Crippen LogP contribution in [0, 0.1) is 43.6 Å². The van der Waals surface area contributed by atoms with Crippen LogP contribution in [0.2, 0.25) is 0 Å². The number of rotatable bonds is 4. The standard InChI is InChI=1S/C16H17FN2O4S/c1-9-7-10(2)12(4)16(11(9)3)24(22,23)18-13-5-6-14(17)15(8-13)19(20)21/h5-8,18H,1-4H3. The van der Waals surface area contributed by atoms with Crippen molar-refractivity contribution in [3.8, 4) is 0 Å². The van der Waals surface area contributed by atoms with Crippen LogP contribution in [-0.4, -0.2) is 13.3 Å². The zero-order valence-electron chi connectivity index (χ0n) is 13.7. The van der Waals surface area contributed by atoms with Gasteiger partial charge in [0.2, 0.25) is 5.82 Å². The van der Waals surface area contributed by atoms with Gasteiger partial charge in [0.15, 0.2) is 0 Å². The first-order chi connectivity index (χ1) is 11.0. The van der Waals surface area contributed by atoms with E-state index in [9.17, 15) is 22.9 Å². The molecular weight excluding hydrogens is 335 g/mol. The molecule has 0 aliphatic rings. The first-order valence-electron chi connectivity index (χ1n) is 7.08. The quantitative estimate of drug-likeness (QED) is 0.670. The molecular formula is C16H17FN2O4S. The summed E-state index contributed by atoms with van der Waals surface area (Å²) in [5.41, 5.74) is 1.99. The molecule has 2 aromatic rings. The van der Waals surface area contributed by atoms with Crippen LogP contribution in [-0.2, 0) is 10.0 Å². The zero-order valence-corrected chi connectivity index (χ0v) is 14.5. The van der Waals surface area contributed by atoms with Crippen molar-refractivity contribution in [1.29, 1.82) is 0 Å². The van der Waals surface area contributed by atoms with E-state index in [1.807, 2.05) is 19.9 Å². The molecule has 0 radical (unpaired) electrons. The number of sulfonamides is 1. The molecule has 0 bridgehead atoms. The Morgan fingerprint density at radius 2 is 1.58 bits per heavy atom. The highest BCUT2D eigenvalue weighted by Gasteiger charge is 2.23. The fraction of sp³-hybridized carbons (Fsp3) is 0.250. The van der Waals surface area contributed by atoms with Crippen LogP contribution < -0.4 is 4.72 Å². The Kier molecular flexibility index (Phi) is 4.61. The summed E-state index contributed by atoms with van der Waals surface area (Å²) in [6.45, 7) is 7.01. The molecule has 0 unspecified atom stereocenters. The maximum absolute atomic E-state index is 13.4. The highest BCUT2D eigenvalue weighted by molar-refractivity contribution is 7.92. The van der Waals surface area contributed by atoms with E-state index in [0.717, 1.165) is 29.3 Å². The van der Waals surface area contributed by atoms with Gasteiger partial charge >= 0.3 is 5.69 Å². The van der Waals surface area contributed by atoms with Crippen molar-refractivity contribution in [3.05, 3.63) is 62.5 Å². The maximum atomic E-state index is 13.4. The summed E-state index contributed by atoms with van der Waals surface area (Å²) < 4.78 is 41.2. The normalized spacial score (nSPS) is 11.4. The summed E-state index contributed by atoms with van der Waals surface area (Å²) >= 11 is 0.